The third-order valence-corrected chi connectivity index (χ3v) is 5.05. The van der Waals surface area contributed by atoms with Gasteiger partial charge in [0.2, 0.25) is 5.95 Å². The number of rotatable bonds is 4. The number of nitrogens with zero attached hydrogens (tertiary/aromatic N) is 4. The molecule has 2 N–H and O–H groups in total. The number of nitrogen functional groups attached to an aromatic ring is 1. The van der Waals surface area contributed by atoms with Crippen LogP contribution in [0.4, 0.5) is 10.3 Å². The Labute approximate surface area is 152 Å². The van der Waals surface area contributed by atoms with Crippen molar-refractivity contribution in [3.63, 3.8) is 0 Å². The summed E-state index contributed by atoms with van der Waals surface area (Å²) in [4.78, 5) is 13.0. The van der Waals surface area contributed by atoms with Gasteiger partial charge in [0.05, 0.1) is 23.4 Å². The van der Waals surface area contributed by atoms with Crippen LogP contribution < -0.4 is 5.73 Å². The number of nitrogens with two attached hydrogens (primary N) is 1. The molecular formula is C20H22FN5. The molecule has 0 amide bonds. The Morgan fingerprint density at radius 1 is 1.04 bits per heavy atom. The van der Waals surface area contributed by atoms with Crippen molar-refractivity contribution in [2.45, 2.75) is 38.6 Å². The smallest absolute Gasteiger partial charge is 0.220 e. The lowest BCUT2D eigenvalue weighted by Crippen LogP contribution is -2.14. The number of hydrogen-bond donors (Lipinski definition) is 1. The highest BCUT2D eigenvalue weighted by molar-refractivity contribution is 5.77. The minimum atomic E-state index is -0.261. The zero-order valence-corrected chi connectivity index (χ0v) is 14.6. The maximum absolute atomic E-state index is 13.3. The maximum Gasteiger partial charge on any atom is 0.220 e. The second-order valence-electron chi connectivity index (χ2n) is 6.91. The number of halogens is 1. The Morgan fingerprint density at radius 3 is 2.54 bits per heavy atom. The van der Waals surface area contributed by atoms with Crippen LogP contribution in [0.1, 0.15) is 32.1 Å². The first-order valence-corrected chi connectivity index (χ1v) is 9.10. The molecule has 4 rings (SSSR count). The Bertz CT molecular complexity index is 881. The predicted octanol–water partition coefficient (Wildman–Crippen LogP) is 4.31. The molecular weight excluding hydrogens is 329 g/mol. The highest BCUT2D eigenvalue weighted by atomic mass is 19.1. The van der Waals surface area contributed by atoms with Gasteiger partial charge in [0, 0.05) is 18.3 Å². The molecule has 1 aliphatic carbocycles. The van der Waals surface area contributed by atoms with Crippen LogP contribution in [0.5, 0.6) is 0 Å². The van der Waals surface area contributed by atoms with Gasteiger partial charge in [-0.3, -0.25) is 0 Å². The molecule has 0 unspecified atom stereocenters. The molecule has 2 aromatic heterocycles. The van der Waals surface area contributed by atoms with Gasteiger partial charge < -0.3 is 10.3 Å². The molecule has 2 heterocycles. The molecule has 0 radical (unpaired) electrons. The summed E-state index contributed by atoms with van der Waals surface area (Å²) in [5.41, 5.74) is 9.11. The largest absolute Gasteiger partial charge is 0.368 e. The highest BCUT2D eigenvalue weighted by Gasteiger charge is 2.20. The van der Waals surface area contributed by atoms with E-state index >= 15 is 0 Å². The second-order valence-corrected chi connectivity index (χ2v) is 6.91. The van der Waals surface area contributed by atoms with E-state index in [4.69, 9.17) is 5.73 Å². The minimum absolute atomic E-state index is 0.234. The first kappa shape index (κ1) is 16.7. The van der Waals surface area contributed by atoms with Crippen LogP contribution in [0.3, 0.4) is 0 Å². The summed E-state index contributed by atoms with van der Waals surface area (Å²) in [7, 11) is 0. The van der Waals surface area contributed by atoms with E-state index in [1.54, 1.807) is 18.3 Å². The van der Waals surface area contributed by atoms with Crippen LogP contribution in [0.25, 0.3) is 22.6 Å². The van der Waals surface area contributed by atoms with E-state index in [0.29, 0.717) is 5.92 Å². The molecule has 0 bridgehead atoms. The molecule has 0 saturated heterocycles. The summed E-state index contributed by atoms with van der Waals surface area (Å²) in [6.45, 7) is 0.910. The van der Waals surface area contributed by atoms with Gasteiger partial charge in [0.1, 0.15) is 5.82 Å². The molecule has 0 atom stereocenters. The fraction of sp³-hybridized carbons (Fsp3) is 0.350. The fourth-order valence-electron chi connectivity index (χ4n) is 3.76. The van der Waals surface area contributed by atoms with Gasteiger partial charge in [-0.05, 0) is 49.1 Å². The van der Waals surface area contributed by atoms with Crippen LogP contribution >= 0.6 is 0 Å². The van der Waals surface area contributed by atoms with Crippen LogP contribution in [-0.4, -0.2) is 19.5 Å². The zero-order chi connectivity index (χ0) is 17.9. The van der Waals surface area contributed by atoms with Gasteiger partial charge >= 0.3 is 0 Å². The average Bonchev–Trinajstić information content (AvgIpc) is 3.07. The third kappa shape index (κ3) is 3.45. The predicted molar refractivity (Wildman–Crippen MR) is 99.6 cm³/mol. The van der Waals surface area contributed by atoms with Gasteiger partial charge in [0.25, 0.3) is 0 Å². The maximum atomic E-state index is 13.3. The van der Waals surface area contributed by atoms with Gasteiger partial charge in [0.15, 0.2) is 0 Å². The summed E-state index contributed by atoms with van der Waals surface area (Å²) in [6.07, 6.45) is 9.92. The first-order chi connectivity index (χ1) is 12.7. The van der Waals surface area contributed by atoms with E-state index < -0.39 is 0 Å². The van der Waals surface area contributed by atoms with Crippen molar-refractivity contribution in [1.29, 1.82) is 0 Å². The Morgan fingerprint density at radius 2 is 1.81 bits per heavy atom. The van der Waals surface area contributed by atoms with Crippen LogP contribution in [-0.2, 0) is 6.54 Å². The van der Waals surface area contributed by atoms with E-state index in [9.17, 15) is 4.39 Å². The SMILES string of the molecule is Nc1nccc(-c2c(-c3ccc(F)cc3)ncn2CC2CCCCC2)n1. The van der Waals surface area contributed by atoms with E-state index in [0.717, 1.165) is 29.2 Å². The van der Waals surface area contributed by atoms with Crippen LogP contribution in [0.15, 0.2) is 42.9 Å². The van der Waals surface area contributed by atoms with Crippen molar-refractivity contribution in [1.82, 2.24) is 19.5 Å². The van der Waals surface area contributed by atoms with E-state index in [2.05, 4.69) is 19.5 Å². The van der Waals surface area contributed by atoms with Crippen LogP contribution in [0.2, 0.25) is 0 Å². The standard InChI is InChI=1S/C20H22FN5/c21-16-8-6-15(7-9-16)18-19(17-10-11-23-20(22)25-17)26(13-24-18)12-14-4-2-1-3-5-14/h6-11,13-14H,1-5,12H2,(H2,22,23,25). The normalized spacial score (nSPS) is 15.3. The number of anilines is 1. The van der Waals surface area contributed by atoms with E-state index in [1.165, 1.54) is 44.2 Å². The fourth-order valence-corrected chi connectivity index (χ4v) is 3.76. The summed E-state index contributed by atoms with van der Waals surface area (Å²) in [6, 6.07) is 8.24. The molecule has 6 heteroatoms. The van der Waals surface area contributed by atoms with Gasteiger partial charge in [-0.25, -0.2) is 19.3 Å². The Kier molecular flexibility index (Phi) is 4.65. The molecule has 26 heavy (non-hydrogen) atoms. The van der Waals surface area contributed by atoms with Crippen molar-refractivity contribution >= 4 is 5.95 Å². The molecule has 3 aromatic rings. The Balaban J connectivity index is 1.77. The molecule has 1 saturated carbocycles. The monoisotopic (exact) mass is 351 g/mol. The van der Waals surface area contributed by atoms with Crippen molar-refractivity contribution in [2.75, 3.05) is 5.73 Å². The lowest BCUT2D eigenvalue weighted by Gasteiger charge is -2.23. The average molecular weight is 351 g/mol. The number of aromatic nitrogens is 4. The molecule has 0 spiro atoms. The summed E-state index contributed by atoms with van der Waals surface area (Å²) in [5.74, 6) is 0.623. The number of imidazole rings is 1. The molecule has 1 aliphatic rings. The molecule has 1 fully saturated rings. The Hall–Kier alpha value is -2.76. The minimum Gasteiger partial charge on any atom is -0.368 e. The third-order valence-electron chi connectivity index (χ3n) is 5.05. The first-order valence-electron chi connectivity index (χ1n) is 9.10. The lowest BCUT2D eigenvalue weighted by atomic mass is 9.89. The van der Waals surface area contributed by atoms with Crippen molar-refractivity contribution < 1.29 is 4.39 Å². The van der Waals surface area contributed by atoms with Crippen molar-refractivity contribution in [2.24, 2.45) is 5.92 Å². The second kappa shape index (κ2) is 7.23. The van der Waals surface area contributed by atoms with E-state index in [1.807, 2.05) is 12.4 Å². The lowest BCUT2D eigenvalue weighted by molar-refractivity contribution is 0.320. The summed E-state index contributed by atoms with van der Waals surface area (Å²) < 4.78 is 15.5. The van der Waals surface area contributed by atoms with Gasteiger partial charge in [-0.2, -0.15) is 0 Å². The zero-order valence-electron chi connectivity index (χ0n) is 14.6. The van der Waals surface area contributed by atoms with E-state index in [-0.39, 0.29) is 11.8 Å². The summed E-state index contributed by atoms with van der Waals surface area (Å²) in [5, 5.41) is 0. The molecule has 1 aromatic carbocycles. The number of hydrogen-bond acceptors (Lipinski definition) is 4. The summed E-state index contributed by atoms with van der Waals surface area (Å²) >= 11 is 0. The number of benzene rings is 1. The molecule has 5 nitrogen and oxygen atoms in total. The van der Waals surface area contributed by atoms with Crippen LogP contribution in [0, 0.1) is 11.7 Å². The highest BCUT2D eigenvalue weighted by Crippen LogP contribution is 2.33. The van der Waals surface area contributed by atoms with Gasteiger partial charge in [-0.1, -0.05) is 19.3 Å². The van der Waals surface area contributed by atoms with Crippen molar-refractivity contribution in [3.8, 4) is 22.6 Å². The van der Waals surface area contributed by atoms with Gasteiger partial charge in [-0.15, -0.1) is 0 Å². The topological polar surface area (TPSA) is 69.6 Å². The van der Waals surface area contributed by atoms with Crippen molar-refractivity contribution in [3.05, 3.63) is 48.7 Å². The molecule has 134 valence electrons. The quantitative estimate of drug-likeness (QED) is 0.760. The molecule has 0 aliphatic heterocycles.